The van der Waals surface area contributed by atoms with Crippen molar-refractivity contribution in [2.24, 2.45) is 11.5 Å². The predicted octanol–water partition coefficient (Wildman–Crippen LogP) is 5.60. The fraction of sp³-hybridized carbons (Fsp3) is 0.421. The molecule has 0 aliphatic heterocycles. The third kappa shape index (κ3) is 14.9. The van der Waals surface area contributed by atoms with Gasteiger partial charge >= 0.3 is 6.03 Å². The third-order valence-electron chi connectivity index (χ3n) is 8.03. The van der Waals surface area contributed by atoms with Crippen LogP contribution < -0.4 is 32.7 Å². The summed E-state index contributed by atoms with van der Waals surface area (Å²) in [6.45, 7) is 2.71. The monoisotopic (exact) mass is 656 g/mol. The molecule has 0 radical (unpaired) electrons. The van der Waals surface area contributed by atoms with Crippen molar-refractivity contribution < 1.29 is 19.2 Å². The quantitative estimate of drug-likeness (QED) is 0.0770. The van der Waals surface area contributed by atoms with Crippen LogP contribution in [0, 0.1) is 0 Å². The number of carbonyl (C=O) groups excluding carboxylic acids is 4. The van der Waals surface area contributed by atoms with Crippen LogP contribution in [-0.2, 0) is 24.3 Å². The van der Waals surface area contributed by atoms with Crippen molar-refractivity contribution in [1.29, 1.82) is 0 Å². The second-order valence-corrected chi connectivity index (χ2v) is 12.1. The first-order chi connectivity index (χ1) is 23.4. The number of carbonyl (C=O) groups is 4. The van der Waals surface area contributed by atoms with Gasteiger partial charge in [-0.2, -0.15) is 0 Å². The highest BCUT2D eigenvalue weighted by Gasteiger charge is 2.10. The molecule has 0 atom stereocenters. The molecule has 0 aromatic heterocycles. The maximum Gasteiger partial charge on any atom is 0.319 e. The summed E-state index contributed by atoms with van der Waals surface area (Å²) in [7, 11) is 0. The fourth-order valence-electron chi connectivity index (χ4n) is 5.14. The van der Waals surface area contributed by atoms with E-state index in [0.29, 0.717) is 55.8 Å². The molecule has 8 N–H and O–H groups in total. The van der Waals surface area contributed by atoms with Gasteiger partial charge in [-0.05, 0) is 91.9 Å². The van der Waals surface area contributed by atoms with Crippen LogP contribution in [0.25, 0.3) is 0 Å². The van der Waals surface area contributed by atoms with Gasteiger partial charge in [0.1, 0.15) is 5.78 Å². The third-order valence-corrected chi connectivity index (χ3v) is 8.03. The maximum atomic E-state index is 12.7. The Balaban J connectivity index is 1.34. The van der Waals surface area contributed by atoms with Crippen LogP contribution in [0.1, 0.15) is 102 Å². The van der Waals surface area contributed by atoms with Crippen molar-refractivity contribution in [1.82, 2.24) is 16.0 Å². The summed E-state index contributed by atoms with van der Waals surface area (Å²) in [6, 6.07) is 21.3. The number of urea groups is 1. The number of ketones is 1. The Hall–Kier alpha value is -4.54. The molecule has 0 spiro atoms. The lowest BCUT2D eigenvalue weighted by Gasteiger charge is -2.10. The highest BCUT2D eigenvalue weighted by atomic mass is 16.2. The van der Waals surface area contributed by atoms with E-state index in [2.05, 4.69) is 21.3 Å². The van der Waals surface area contributed by atoms with Crippen LogP contribution >= 0.6 is 0 Å². The zero-order chi connectivity index (χ0) is 34.4. The van der Waals surface area contributed by atoms with Crippen molar-refractivity contribution in [3.05, 3.63) is 101 Å². The van der Waals surface area contributed by atoms with Crippen LogP contribution in [0.15, 0.2) is 72.8 Å². The molecular formula is C38H52N6O4. The van der Waals surface area contributed by atoms with Crippen molar-refractivity contribution >= 4 is 29.3 Å². The first-order valence-electron chi connectivity index (χ1n) is 17.2. The Morgan fingerprint density at radius 2 is 0.958 bits per heavy atom. The minimum absolute atomic E-state index is 0.238. The Morgan fingerprint density at radius 1 is 0.500 bits per heavy atom. The highest BCUT2D eigenvalue weighted by molar-refractivity contribution is 5.97. The molecule has 0 saturated carbocycles. The predicted molar refractivity (Wildman–Crippen MR) is 192 cm³/mol. The fourth-order valence-corrected chi connectivity index (χ4v) is 5.14. The molecule has 0 heterocycles. The molecule has 3 aromatic rings. The molecule has 3 aromatic carbocycles. The molecule has 3 rings (SSSR count). The number of anilines is 1. The molecular weight excluding hydrogens is 604 g/mol. The number of nitrogens with two attached hydrogens (primary N) is 2. The Kier molecular flexibility index (Phi) is 17.5. The SMILES string of the molecule is NCCCCCCCC(=O)Cc1ccc(CNC(=O)c2ccc(C(=O)NCc3ccc(NC(=O)NCCCCCCN)cc3)cc2)cc1. The second kappa shape index (κ2) is 22.1. The lowest BCUT2D eigenvalue weighted by atomic mass is 10.0. The maximum absolute atomic E-state index is 12.7. The molecule has 10 heteroatoms. The number of nitrogens with one attached hydrogen (secondary N) is 4. The van der Waals surface area contributed by atoms with E-state index in [0.717, 1.165) is 81.0 Å². The Bertz CT molecular complexity index is 1300. The van der Waals surface area contributed by atoms with E-state index in [9.17, 15) is 19.2 Å². The van der Waals surface area contributed by atoms with E-state index in [4.69, 9.17) is 11.5 Å². The van der Waals surface area contributed by atoms with Crippen LogP contribution in [0.2, 0.25) is 0 Å². The van der Waals surface area contributed by atoms with Crippen molar-refractivity contribution in [2.45, 2.75) is 83.7 Å². The smallest absolute Gasteiger partial charge is 0.319 e. The molecule has 4 amide bonds. The molecule has 0 bridgehead atoms. The number of hydrogen-bond donors (Lipinski definition) is 6. The van der Waals surface area contributed by atoms with Gasteiger partial charge in [-0.15, -0.1) is 0 Å². The summed E-state index contributed by atoms with van der Waals surface area (Å²) in [6.07, 6.45) is 10.3. The van der Waals surface area contributed by atoms with Crippen molar-refractivity contribution in [3.63, 3.8) is 0 Å². The average molecular weight is 657 g/mol. The molecule has 0 aliphatic rings. The largest absolute Gasteiger partial charge is 0.348 e. The Morgan fingerprint density at radius 3 is 1.50 bits per heavy atom. The normalized spacial score (nSPS) is 10.7. The van der Waals surface area contributed by atoms with Gasteiger partial charge in [-0.1, -0.05) is 68.5 Å². The minimum atomic E-state index is -0.254. The number of benzene rings is 3. The standard InChI is InChI=1S/C38H52N6O4/c39-23-7-3-1-2-6-10-35(45)26-29-11-13-30(14-12-29)27-42-36(46)32-17-19-33(20-18-32)37(47)43-28-31-15-21-34(22-16-31)44-38(48)41-25-9-5-4-8-24-40/h11-22H,1-10,23-28,39-40H2,(H,42,46)(H,43,47)(H2,41,44,48). The number of unbranched alkanes of at least 4 members (excludes halogenated alkanes) is 7. The first-order valence-corrected chi connectivity index (χ1v) is 17.2. The van der Waals surface area contributed by atoms with E-state index < -0.39 is 0 Å². The van der Waals surface area contributed by atoms with Crippen molar-refractivity contribution in [3.8, 4) is 0 Å². The van der Waals surface area contributed by atoms with Gasteiger partial charge in [-0.3, -0.25) is 14.4 Å². The summed E-state index contributed by atoms with van der Waals surface area (Å²) >= 11 is 0. The van der Waals surface area contributed by atoms with Gasteiger partial charge in [0, 0.05) is 49.3 Å². The van der Waals surface area contributed by atoms with Crippen LogP contribution in [0.5, 0.6) is 0 Å². The highest BCUT2D eigenvalue weighted by Crippen LogP contribution is 2.12. The van der Waals surface area contributed by atoms with Gasteiger partial charge in [0.2, 0.25) is 0 Å². The van der Waals surface area contributed by atoms with Gasteiger partial charge < -0.3 is 32.7 Å². The summed E-state index contributed by atoms with van der Waals surface area (Å²) in [5.41, 5.74) is 15.4. The average Bonchev–Trinajstić information content (AvgIpc) is 3.10. The van der Waals surface area contributed by atoms with Gasteiger partial charge in [0.05, 0.1) is 0 Å². The Labute approximate surface area is 284 Å². The number of hydrogen-bond acceptors (Lipinski definition) is 6. The summed E-state index contributed by atoms with van der Waals surface area (Å²) in [5, 5.41) is 11.4. The van der Waals surface area contributed by atoms with Gasteiger partial charge in [0.15, 0.2) is 0 Å². The topological polar surface area (TPSA) is 168 Å². The summed E-state index contributed by atoms with van der Waals surface area (Å²) in [5.74, 6) is -0.245. The lowest BCUT2D eigenvalue weighted by molar-refractivity contribution is -0.118. The first kappa shape index (κ1) is 37.9. The molecule has 48 heavy (non-hydrogen) atoms. The van der Waals surface area contributed by atoms with Gasteiger partial charge in [0.25, 0.3) is 11.8 Å². The van der Waals surface area contributed by atoms with E-state index in [1.54, 1.807) is 36.4 Å². The zero-order valence-electron chi connectivity index (χ0n) is 28.0. The number of Topliss-reactive ketones (excluding diaryl/α,β-unsaturated/α-hetero) is 1. The van der Waals surface area contributed by atoms with Gasteiger partial charge in [-0.25, -0.2) is 4.79 Å². The van der Waals surface area contributed by atoms with Crippen molar-refractivity contribution in [2.75, 3.05) is 25.0 Å². The summed E-state index contributed by atoms with van der Waals surface area (Å²) in [4.78, 5) is 49.8. The molecule has 258 valence electrons. The molecule has 10 nitrogen and oxygen atoms in total. The van der Waals surface area contributed by atoms with Crippen LogP contribution in [0.4, 0.5) is 10.5 Å². The van der Waals surface area contributed by atoms with Crippen LogP contribution in [0.3, 0.4) is 0 Å². The lowest BCUT2D eigenvalue weighted by Crippen LogP contribution is -2.29. The molecule has 0 saturated heterocycles. The molecule has 0 aliphatic carbocycles. The second-order valence-electron chi connectivity index (χ2n) is 12.1. The number of rotatable bonds is 22. The van der Waals surface area contributed by atoms with E-state index in [1.807, 2.05) is 36.4 Å². The van der Waals surface area contributed by atoms with E-state index in [-0.39, 0.29) is 23.6 Å². The minimum Gasteiger partial charge on any atom is -0.348 e. The molecule has 0 unspecified atom stereocenters. The molecule has 0 fully saturated rings. The summed E-state index contributed by atoms with van der Waals surface area (Å²) < 4.78 is 0. The van der Waals surface area contributed by atoms with E-state index >= 15 is 0 Å². The number of amides is 4. The van der Waals surface area contributed by atoms with Crippen LogP contribution in [-0.4, -0.2) is 43.3 Å². The van der Waals surface area contributed by atoms with E-state index in [1.165, 1.54) is 0 Å². The zero-order valence-corrected chi connectivity index (χ0v) is 28.0.